The normalized spacial score (nSPS) is 10.7. The van der Waals surface area contributed by atoms with Gasteiger partial charge >= 0.3 is 0 Å². The van der Waals surface area contributed by atoms with Gasteiger partial charge in [0.15, 0.2) is 11.5 Å². The molecule has 0 unspecified atom stereocenters. The lowest BCUT2D eigenvalue weighted by Crippen LogP contribution is -1.95. The molecule has 0 aliphatic heterocycles. The highest BCUT2D eigenvalue weighted by molar-refractivity contribution is 6.42. The minimum absolute atomic E-state index is 0.113. The van der Waals surface area contributed by atoms with E-state index >= 15 is 0 Å². The molecule has 2 N–H and O–H groups in total. The van der Waals surface area contributed by atoms with Crippen LogP contribution < -0.4 is 10.2 Å². The summed E-state index contributed by atoms with van der Waals surface area (Å²) in [5.41, 5.74) is 5.08. The van der Waals surface area contributed by atoms with Crippen molar-refractivity contribution in [3.05, 3.63) is 64.2 Å². The Morgan fingerprint density at radius 2 is 2.04 bits per heavy atom. The highest BCUT2D eigenvalue weighted by Gasteiger charge is 2.08. The van der Waals surface area contributed by atoms with Crippen LogP contribution in [0.3, 0.4) is 0 Å². The van der Waals surface area contributed by atoms with Gasteiger partial charge in [0.2, 0.25) is 0 Å². The highest BCUT2D eigenvalue weighted by Crippen LogP contribution is 2.31. The minimum Gasteiger partial charge on any atom is -0.504 e. The molecular weight excluding hydrogens is 335 g/mol. The fraction of sp³-hybridized carbons (Fsp3) is 0.118. The summed E-state index contributed by atoms with van der Waals surface area (Å²) < 4.78 is 5.17. The number of hydrogen-bond acceptors (Lipinski definition) is 4. The Morgan fingerprint density at radius 1 is 1.26 bits per heavy atom. The van der Waals surface area contributed by atoms with Gasteiger partial charge < -0.3 is 9.84 Å². The number of anilines is 1. The molecular formula is C17H16Cl2N2O2. The first-order valence-electron chi connectivity index (χ1n) is 6.80. The number of rotatable bonds is 6. The predicted octanol–water partition coefficient (Wildman–Crippen LogP) is 4.88. The molecule has 2 aromatic carbocycles. The van der Waals surface area contributed by atoms with Crippen LogP contribution in [0.5, 0.6) is 11.5 Å². The van der Waals surface area contributed by atoms with Gasteiger partial charge in [0.05, 0.1) is 29.1 Å². The van der Waals surface area contributed by atoms with Crippen LogP contribution in [-0.2, 0) is 6.42 Å². The maximum atomic E-state index is 10.0. The molecule has 2 aromatic rings. The largest absolute Gasteiger partial charge is 0.504 e. The molecule has 0 saturated carbocycles. The van der Waals surface area contributed by atoms with Crippen LogP contribution >= 0.6 is 23.2 Å². The zero-order valence-corrected chi connectivity index (χ0v) is 14.0. The number of methoxy groups -OCH3 is 1. The molecule has 0 amide bonds. The molecule has 6 heteroatoms. The third-order valence-electron chi connectivity index (χ3n) is 3.09. The van der Waals surface area contributed by atoms with Gasteiger partial charge in [-0.2, -0.15) is 5.10 Å². The van der Waals surface area contributed by atoms with Crippen molar-refractivity contribution in [3.63, 3.8) is 0 Å². The third-order valence-corrected chi connectivity index (χ3v) is 3.83. The molecule has 0 aliphatic carbocycles. The Kier molecular flexibility index (Phi) is 5.90. The van der Waals surface area contributed by atoms with Gasteiger partial charge in [0.1, 0.15) is 0 Å². The van der Waals surface area contributed by atoms with Gasteiger partial charge in [0.25, 0.3) is 0 Å². The smallest absolute Gasteiger partial charge is 0.161 e. The zero-order chi connectivity index (χ0) is 16.8. The topological polar surface area (TPSA) is 53.9 Å². The summed E-state index contributed by atoms with van der Waals surface area (Å²) in [4.78, 5) is 0. The van der Waals surface area contributed by atoms with E-state index in [1.165, 1.54) is 7.11 Å². The Morgan fingerprint density at radius 3 is 2.70 bits per heavy atom. The highest BCUT2D eigenvalue weighted by atomic mass is 35.5. The molecule has 2 rings (SSSR count). The number of nitrogens with zero attached hydrogens (tertiary/aromatic N) is 1. The van der Waals surface area contributed by atoms with Crippen LogP contribution in [0, 0.1) is 0 Å². The number of benzene rings is 2. The lowest BCUT2D eigenvalue weighted by Gasteiger charge is -2.09. The summed E-state index contributed by atoms with van der Waals surface area (Å²) in [6.07, 6.45) is 3.87. The van der Waals surface area contributed by atoms with E-state index in [-0.39, 0.29) is 5.75 Å². The Labute approximate surface area is 145 Å². The van der Waals surface area contributed by atoms with Crippen molar-refractivity contribution in [1.29, 1.82) is 0 Å². The van der Waals surface area contributed by atoms with Crippen molar-refractivity contribution in [2.45, 2.75) is 6.42 Å². The van der Waals surface area contributed by atoms with Crippen LogP contribution in [0.4, 0.5) is 5.69 Å². The zero-order valence-electron chi connectivity index (χ0n) is 12.5. The average molecular weight is 351 g/mol. The van der Waals surface area contributed by atoms with Crippen LogP contribution in [0.2, 0.25) is 10.0 Å². The summed E-state index contributed by atoms with van der Waals surface area (Å²) in [5, 5.41) is 15.1. The summed E-state index contributed by atoms with van der Waals surface area (Å²) in [6, 6.07) is 8.66. The number of hydrazone groups is 1. The fourth-order valence-corrected chi connectivity index (χ4v) is 2.28. The number of aromatic hydroxyl groups is 1. The molecule has 120 valence electrons. The van der Waals surface area contributed by atoms with Crippen molar-refractivity contribution in [1.82, 2.24) is 0 Å². The maximum absolute atomic E-state index is 10.0. The van der Waals surface area contributed by atoms with Gasteiger partial charge in [-0.3, -0.25) is 5.43 Å². The van der Waals surface area contributed by atoms with E-state index in [0.717, 1.165) is 11.1 Å². The number of ether oxygens (including phenoxy) is 1. The van der Waals surface area contributed by atoms with Crippen molar-refractivity contribution in [2.24, 2.45) is 5.10 Å². The quantitative estimate of drug-likeness (QED) is 0.443. The SMILES string of the molecule is C=CCc1cc(C=NNc2ccc(Cl)c(Cl)c2)cc(OC)c1O. The first kappa shape index (κ1) is 17.2. The number of phenols is 1. The monoisotopic (exact) mass is 350 g/mol. The standard InChI is InChI=1S/C17H16Cl2N2O2/c1-3-4-12-7-11(8-16(23-2)17(12)22)10-20-21-13-5-6-14(18)15(19)9-13/h3,5-10,21-22H,1,4H2,2H3. The summed E-state index contributed by atoms with van der Waals surface area (Å²) in [5.74, 6) is 0.502. The summed E-state index contributed by atoms with van der Waals surface area (Å²) in [7, 11) is 1.50. The average Bonchev–Trinajstić information content (AvgIpc) is 2.54. The number of phenolic OH excluding ortho intramolecular Hbond substituents is 1. The summed E-state index contributed by atoms with van der Waals surface area (Å²) >= 11 is 11.8. The molecule has 0 aliphatic rings. The molecule has 0 bridgehead atoms. The summed E-state index contributed by atoms with van der Waals surface area (Å²) in [6.45, 7) is 3.68. The first-order valence-corrected chi connectivity index (χ1v) is 7.55. The molecule has 0 heterocycles. The number of hydrogen-bond donors (Lipinski definition) is 2. The van der Waals surface area contributed by atoms with E-state index < -0.39 is 0 Å². The maximum Gasteiger partial charge on any atom is 0.161 e. The van der Waals surface area contributed by atoms with E-state index in [1.807, 2.05) is 6.07 Å². The van der Waals surface area contributed by atoms with E-state index in [0.29, 0.717) is 27.9 Å². The van der Waals surface area contributed by atoms with E-state index in [2.05, 4.69) is 17.1 Å². The minimum atomic E-state index is 0.113. The fourth-order valence-electron chi connectivity index (χ4n) is 1.98. The molecule has 0 aromatic heterocycles. The van der Waals surface area contributed by atoms with Crippen LogP contribution in [0.25, 0.3) is 0 Å². The van der Waals surface area contributed by atoms with Crippen molar-refractivity contribution < 1.29 is 9.84 Å². The van der Waals surface area contributed by atoms with Crippen molar-refractivity contribution in [3.8, 4) is 11.5 Å². The van der Waals surface area contributed by atoms with Crippen LogP contribution in [0.1, 0.15) is 11.1 Å². The van der Waals surface area contributed by atoms with E-state index in [1.54, 1.807) is 36.6 Å². The van der Waals surface area contributed by atoms with Crippen molar-refractivity contribution in [2.75, 3.05) is 12.5 Å². The van der Waals surface area contributed by atoms with Gasteiger partial charge in [-0.05, 0) is 42.3 Å². The number of allylic oxidation sites excluding steroid dienone is 1. The third kappa shape index (κ3) is 4.41. The molecule has 23 heavy (non-hydrogen) atoms. The van der Waals surface area contributed by atoms with E-state index in [4.69, 9.17) is 27.9 Å². The van der Waals surface area contributed by atoms with Gasteiger partial charge in [-0.1, -0.05) is 29.3 Å². The lowest BCUT2D eigenvalue weighted by molar-refractivity contribution is 0.371. The molecule has 0 radical (unpaired) electrons. The second-order valence-electron chi connectivity index (χ2n) is 4.72. The van der Waals surface area contributed by atoms with E-state index in [9.17, 15) is 5.11 Å². The first-order chi connectivity index (χ1) is 11.0. The second-order valence-corrected chi connectivity index (χ2v) is 5.54. The van der Waals surface area contributed by atoms with Crippen molar-refractivity contribution >= 4 is 35.1 Å². The van der Waals surface area contributed by atoms with Gasteiger partial charge in [0, 0.05) is 5.56 Å². The predicted molar refractivity (Wildman–Crippen MR) is 96.2 cm³/mol. The Balaban J connectivity index is 2.19. The molecule has 0 fully saturated rings. The lowest BCUT2D eigenvalue weighted by atomic mass is 10.1. The Bertz CT molecular complexity index is 746. The van der Waals surface area contributed by atoms with Gasteiger partial charge in [-0.15, -0.1) is 6.58 Å². The Hall–Kier alpha value is -2.17. The van der Waals surface area contributed by atoms with Gasteiger partial charge in [-0.25, -0.2) is 0 Å². The number of nitrogens with one attached hydrogen (secondary N) is 1. The molecule has 4 nitrogen and oxygen atoms in total. The van der Waals surface area contributed by atoms with Crippen LogP contribution in [-0.4, -0.2) is 18.4 Å². The molecule has 0 atom stereocenters. The van der Waals surface area contributed by atoms with Crippen LogP contribution in [0.15, 0.2) is 48.1 Å². The molecule has 0 saturated heterocycles. The number of halogens is 2. The molecule has 0 spiro atoms. The second kappa shape index (κ2) is 7.90.